The van der Waals surface area contributed by atoms with E-state index >= 15 is 0 Å². The van der Waals surface area contributed by atoms with Gasteiger partial charge in [-0.2, -0.15) is 0 Å². The van der Waals surface area contributed by atoms with E-state index in [1.54, 1.807) is 0 Å². The summed E-state index contributed by atoms with van der Waals surface area (Å²) in [5, 5.41) is -0.0403. The average molecular weight is 390 g/mol. The lowest BCUT2D eigenvalue weighted by Gasteiger charge is -2.40. The highest BCUT2D eigenvalue weighted by atomic mass is 28.4. The van der Waals surface area contributed by atoms with Gasteiger partial charge in [0.2, 0.25) is 0 Å². The Hall–Kier alpha value is -1.95. The molecule has 2 atom stereocenters. The molecule has 0 aliphatic rings. The summed E-state index contributed by atoms with van der Waals surface area (Å²) in [7, 11) is -2.22. The van der Waals surface area contributed by atoms with Crippen molar-refractivity contribution in [2.24, 2.45) is 5.73 Å². The first-order chi connectivity index (χ1) is 12.6. The van der Waals surface area contributed by atoms with Gasteiger partial charge in [0.25, 0.3) is 0 Å². The molecule has 146 valence electrons. The minimum atomic E-state index is -2.22. The fourth-order valence-corrected chi connectivity index (χ4v) is 3.65. The number of benzene rings is 2. The van der Waals surface area contributed by atoms with Crippen LogP contribution >= 0.6 is 0 Å². The van der Waals surface area contributed by atoms with Crippen molar-refractivity contribution in [3.63, 3.8) is 0 Å². The van der Waals surface area contributed by atoms with Crippen LogP contribution < -0.4 is 5.73 Å². The van der Waals surface area contributed by atoms with E-state index < -0.39 is 26.4 Å². The Balaban J connectivity index is 2.21. The summed E-state index contributed by atoms with van der Waals surface area (Å²) >= 11 is 0. The molecule has 0 saturated carbocycles. The van der Waals surface area contributed by atoms with Crippen LogP contribution in [0, 0.1) is 0 Å². The smallest absolute Gasteiger partial charge is 0.336 e. The molecule has 27 heavy (non-hydrogen) atoms. The summed E-state index contributed by atoms with van der Waals surface area (Å²) < 4.78 is 12.0. The van der Waals surface area contributed by atoms with Crippen molar-refractivity contribution in [3.8, 4) is 0 Å². The Kier molecular flexibility index (Phi) is 6.98. The van der Waals surface area contributed by atoms with E-state index in [-0.39, 0.29) is 11.6 Å². The van der Waals surface area contributed by atoms with Gasteiger partial charge in [0, 0.05) is 0 Å². The molecule has 2 rings (SSSR count). The monoisotopic (exact) mass is 389 g/mol. The lowest BCUT2D eigenvalue weighted by Crippen LogP contribution is -2.49. The fraction of sp³-hybridized carbons (Fsp3) is 0.409. The summed E-state index contributed by atoms with van der Waals surface area (Å²) in [6.45, 7) is 10.8. The van der Waals surface area contributed by atoms with Gasteiger partial charge in [-0.05, 0) is 29.3 Å². The molecule has 0 amide bonds. The molecule has 0 saturated heterocycles. The van der Waals surface area contributed by atoms with E-state index in [0.717, 1.165) is 11.1 Å². The van der Waals surface area contributed by atoms with E-state index in [9.17, 15) is 4.79 Å². The van der Waals surface area contributed by atoms with Gasteiger partial charge >= 0.3 is 5.97 Å². The second-order valence-corrected chi connectivity index (χ2v) is 13.1. The molecule has 2 N–H and O–H groups in total. The summed E-state index contributed by atoms with van der Waals surface area (Å²) in [5.74, 6) is -0.417. The van der Waals surface area contributed by atoms with E-state index in [0.29, 0.717) is 0 Å². The molecule has 0 spiro atoms. The van der Waals surface area contributed by atoms with Crippen LogP contribution in [0.25, 0.3) is 0 Å². The quantitative estimate of drug-likeness (QED) is 0.545. The van der Waals surface area contributed by atoms with Crippen molar-refractivity contribution in [2.45, 2.75) is 57.7 Å². The molecule has 0 aromatic heterocycles. The molecule has 0 aliphatic heterocycles. The first kappa shape index (κ1) is 21.3. The first-order valence-corrected chi connectivity index (χ1v) is 12.2. The van der Waals surface area contributed by atoms with Crippen molar-refractivity contribution < 1.29 is 14.0 Å². The van der Waals surface area contributed by atoms with Crippen molar-refractivity contribution in [3.05, 3.63) is 71.8 Å². The average Bonchev–Trinajstić information content (AvgIpc) is 2.64. The molecule has 0 bridgehead atoms. The summed E-state index contributed by atoms with van der Waals surface area (Å²) in [4.78, 5) is 12.9. The highest BCUT2D eigenvalue weighted by Gasteiger charge is 2.43. The fourth-order valence-electron chi connectivity index (χ4n) is 2.42. The third-order valence-electron chi connectivity index (χ3n) is 5.19. The summed E-state index contributed by atoms with van der Waals surface area (Å²) in [5.41, 5.74) is 8.25. The number of esters is 1. The van der Waals surface area contributed by atoms with Crippen LogP contribution in [-0.4, -0.2) is 20.4 Å². The topological polar surface area (TPSA) is 61.5 Å². The largest absolute Gasteiger partial charge is 0.459 e. The number of carbonyl (C=O) groups excluding carboxylic acids is 1. The number of nitrogens with two attached hydrogens (primary N) is 1. The molecule has 0 heterocycles. The number of carbonyl (C=O) groups is 1. The van der Waals surface area contributed by atoms with Crippen LogP contribution in [0.1, 0.15) is 37.9 Å². The van der Waals surface area contributed by atoms with Crippen molar-refractivity contribution in [1.82, 2.24) is 0 Å². The molecule has 2 aromatic rings. The van der Waals surface area contributed by atoms with E-state index in [1.807, 2.05) is 60.7 Å². The van der Waals surface area contributed by atoms with E-state index in [4.69, 9.17) is 14.9 Å². The summed E-state index contributed by atoms with van der Waals surface area (Å²) in [6, 6.07) is 18.6. The predicted molar refractivity (Wildman–Crippen MR) is 112 cm³/mol. The highest BCUT2D eigenvalue weighted by Crippen LogP contribution is 2.38. The molecule has 4 nitrogen and oxygen atoms in total. The Morgan fingerprint density at radius 1 is 1.04 bits per heavy atom. The molecular formula is C22H31NO3Si. The zero-order valence-electron chi connectivity index (χ0n) is 16.9. The molecular weight excluding hydrogens is 358 g/mol. The van der Waals surface area contributed by atoms with Gasteiger partial charge in [-0.15, -0.1) is 0 Å². The minimum absolute atomic E-state index is 0.0403. The Morgan fingerprint density at radius 2 is 1.56 bits per heavy atom. The normalized spacial score (nSPS) is 14.4. The lowest BCUT2D eigenvalue weighted by atomic mass is 10.2. The molecule has 2 aromatic carbocycles. The van der Waals surface area contributed by atoms with Crippen molar-refractivity contribution in [1.29, 1.82) is 0 Å². The standard InChI is InChI=1S/C22H31NO3Si/c1-22(2,3)27(4,5)26-20(19(23)18-14-10-7-11-15-18)21(24)25-16-17-12-8-6-9-13-17/h6-15,19-20H,16,23H2,1-5H3/t19-,20+/m0/s1/i20+2,21+2. The SMILES string of the molecule is CC(C)(C)[Si](C)(C)O[14C@H]([C@@H](N)c1ccccc1)[14C](=O)OCc1ccccc1. The Labute approximate surface area is 163 Å². The van der Waals surface area contributed by atoms with Crippen LogP contribution in [0.5, 0.6) is 0 Å². The lowest BCUT2D eigenvalue weighted by molar-refractivity contribution is -0.155. The first-order valence-electron chi connectivity index (χ1n) is 9.31. The molecule has 0 radical (unpaired) electrons. The van der Waals surface area contributed by atoms with Gasteiger partial charge in [-0.25, -0.2) is 4.79 Å². The summed E-state index contributed by atoms with van der Waals surface area (Å²) in [6.07, 6.45) is -0.836. The van der Waals surface area contributed by atoms with Crippen LogP contribution in [0.15, 0.2) is 60.7 Å². The minimum Gasteiger partial charge on any atom is -0.459 e. The Bertz CT molecular complexity index is 726. The Morgan fingerprint density at radius 3 is 2.07 bits per heavy atom. The number of ether oxygens (including phenoxy) is 1. The second kappa shape index (κ2) is 8.82. The molecule has 5 heteroatoms. The van der Waals surface area contributed by atoms with Gasteiger partial charge in [0.15, 0.2) is 14.4 Å². The van der Waals surface area contributed by atoms with E-state index in [2.05, 4.69) is 33.9 Å². The van der Waals surface area contributed by atoms with Crippen LogP contribution in [-0.2, 0) is 20.6 Å². The van der Waals surface area contributed by atoms with Gasteiger partial charge in [-0.3, -0.25) is 0 Å². The van der Waals surface area contributed by atoms with E-state index in [1.165, 1.54) is 0 Å². The van der Waals surface area contributed by atoms with Crippen molar-refractivity contribution >= 4 is 14.3 Å². The molecule has 0 unspecified atom stereocenters. The number of rotatable bonds is 7. The van der Waals surface area contributed by atoms with Gasteiger partial charge in [0.1, 0.15) is 6.61 Å². The maximum atomic E-state index is 12.9. The maximum Gasteiger partial charge on any atom is 0.336 e. The van der Waals surface area contributed by atoms with Gasteiger partial charge < -0.3 is 14.9 Å². The van der Waals surface area contributed by atoms with Crippen LogP contribution in [0.2, 0.25) is 18.1 Å². The predicted octanol–water partition coefficient (Wildman–Crippen LogP) is 4.82. The second-order valence-electron chi connectivity index (χ2n) is 8.33. The van der Waals surface area contributed by atoms with Gasteiger partial charge in [0.05, 0.1) is 6.04 Å². The van der Waals surface area contributed by atoms with Crippen LogP contribution in [0.4, 0.5) is 0 Å². The maximum absolute atomic E-state index is 12.9. The number of hydrogen-bond acceptors (Lipinski definition) is 4. The zero-order chi connectivity index (χ0) is 20.1. The number of hydrogen-bond donors (Lipinski definition) is 1. The third kappa shape index (κ3) is 5.76. The highest BCUT2D eigenvalue weighted by molar-refractivity contribution is 6.74. The van der Waals surface area contributed by atoms with Crippen molar-refractivity contribution in [2.75, 3.05) is 0 Å². The van der Waals surface area contributed by atoms with Gasteiger partial charge in [-0.1, -0.05) is 81.4 Å². The zero-order valence-corrected chi connectivity index (χ0v) is 17.9. The third-order valence-corrected chi connectivity index (χ3v) is 9.65. The molecule has 0 aliphatic carbocycles. The molecule has 0 fully saturated rings. The van der Waals surface area contributed by atoms with Crippen LogP contribution in [0.3, 0.4) is 0 Å².